The molecular weight excluding hydrogens is 207 g/mol. The van der Waals surface area contributed by atoms with Gasteiger partial charge in [-0.25, -0.2) is 0 Å². The number of alkyl halides is 3. The molecule has 0 amide bonds. The molecule has 0 aliphatic rings. The summed E-state index contributed by atoms with van der Waals surface area (Å²) in [6.45, 7) is 2.80. The fraction of sp³-hybridized carbons (Fsp3) is 0.300. The lowest BCUT2D eigenvalue weighted by Gasteiger charge is -2.12. The van der Waals surface area contributed by atoms with E-state index in [1.54, 1.807) is 0 Å². The molecule has 0 aliphatic heterocycles. The number of nitrogens with zero attached hydrogens (tertiary/aromatic N) is 1. The van der Waals surface area contributed by atoms with Gasteiger partial charge >= 0.3 is 6.18 Å². The number of hydrogen-bond acceptors (Lipinski definition) is 2. The molecule has 1 aromatic carbocycles. The van der Waals surface area contributed by atoms with Gasteiger partial charge < -0.3 is 5.21 Å². The molecular formula is C10H10F3NO. The molecule has 0 saturated carbocycles. The molecule has 0 aromatic heterocycles. The van der Waals surface area contributed by atoms with E-state index >= 15 is 0 Å². The maximum absolute atomic E-state index is 12.5. The smallest absolute Gasteiger partial charge is 0.411 e. The molecule has 1 rings (SSSR count). The maximum atomic E-state index is 12.5. The molecule has 1 N–H and O–H groups in total. The molecule has 15 heavy (non-hydrogen) atoms. The maximum Gasteiger partial charge on any atom is 0.416 e. The Balaban J connectivity index is 3.36. The van der Waals surface area contributed by atoms with Gasteiger partial charge in [-0.1, -0.05) is 17.3 Å². The second-order valence-corrected chi connectivity index (χ2v) is 3.16. The van der Waals surface area contributed by atoms with Crippen molar-refractivity contribution in [3.05, 3.63) is 34.9 Å². The summed E-state index contributed by atoms with van der Waals surface area (Å²) in [5.41, 5.74) is -0.172. The van der Waals surface area contributed by atoms with Crippen LogP contribution in [-0.4, -0.2) is 10.9 Å². The first kappa shape index (κ1) is 11.6. The third-order valence-electron chi connectivity index (χ3n) is 2.18. The highest BCUT2D eigenvalue weighted by atomic mass is 19.4. The standard InChI is InChI=1S/C10H10F3NO/c1-6-8(7(2)14-15)4-3-5-9(6)10(11,12)13/h3-5,15H,1-2H3/b14-7+. The minimum absolute atomic E-state index is 0.0697. The first-order chi connectivity index (χ1) is 6.88. The first-order valence-corrected chi connectivity index (χ1v) is 4.23. The zero-order valence-corrected chi connectivity index (χ0v) is 8.26. The van der Waals surface area contributed by atoms with Gasteiger partial charge in [0, 0.05) is 5.56 Å². The zero-order valence-electron chi connectivity index (χ0n) is 8.26. The zero-order chi connectivity index (χ0) is 11.6. The summed E-state index contributed by atoms with van der Waals surface area (Å²) in [6, 6.07) is 3.78. The van der Waals surface area contributed by atoms with Crippen molar-refractivity contribution in [2.45, 2.75) is 20.0 Å². The number of hydrogen-bond donors (Lipinski definition) is 1. The molecule has 0 bridgehead atoms. The lowest BCUT2D eigenvalue weighted by molar-refractivity contribution is -0.138. The van der Waals surface area contributed by atoms with Crippen LogP contribution >= 0.6 is 0 Å². The summed E-state index contributed by atoms with van der Waals surface area (Å²) in [5.74, 6) is 0. The second-order valence-electron chi connectivity index (χ2n) is 3.16. The van der Waals surface area contributed by atoms with Crippen LogP contribution in [0.3, 0.4) is 0 Å². The highest BCUT2D eigenvalue weighted by Crippen LogP contribution is 2.32. The number of halogens is 3. The van der Waals surface area contributed by atoms with Gasteiger partial charge in [0.1, 0.15) is 0 Å². The Morgan fingerprint density at radius 1 is 1.33 bits per heavy atom. The molecule has 0 heterocycles. The van der Waals surface area contributed by atoms with E-state index in [1.807, 2.05) is 0 Å². The molecule has 2 nitrogen and oxygen atoms in total. The van der Waals surface area contributed by atoms with Crippen LogP contribution in [0.1, 0.15) is 23.6 Å². The van der Waals surface area contributed by atoms with Gasteiger partial charge in [0.2, 0.25) is 0 Å². The van der Waals surface area contributed by atoms with Crippen molar-refractivity contribution in [3.63, 3.8) is 0 Å². The Morgan fingerprint density at radius 3 is 2.40 bits per heavy atom. The molecule has 1 aromatic rings. The van der Waals surface area contributed by atoms with Crippen molar-refractivity contribution in [2.75, 3.05) is 0 Å². The summed E-state index contributed by atoms with van der Waals surface area (Å²) in [6.07, 6.45) is -4.38. The Hall–Kier alpha value is -1.52. The van der Waals surface area contributed by atoms with Crippen LogP contribution in [0.5, 0.6) is 0 Å². The second kappa shape index (κ2) is 3.92. The van der Waals surface area contributed by atoms with Crippen LogP contribution in [-0.2, 0) is 6.18 Å². The SMILES string of the molecule is C/C(=N\O)c1cccc(C(F)(F)F)c1C. The van der Waals surface area contributed by atoms with Gasteiger partial charge in [-0.15, -0.1) is 0 Å². The monoisotopic (exact) mass is 217 g/mol. The summed E-state index contributed by atoms with van der Waals surface area (Å²) in [5, 5.41) is 11.4. The van der Waals surface area contributed by atoms with Gasteiger partial charge in [0.05, 0.1) is 11.3 Å². The van der Waals surface area contributed by atoms with E-state index in [4.69, 9.17) is 5.21 Å². The summed E-state index contributed by atoms with van der Waals surface area (Å²) >= 11 is 0. The number of rotatable bonds is 1. The number of benzene rings is 1. The predicted octanol–water partition coefficient (Wildman–Crippen LogP) is 3.21. The average Bonchev–Trinajstić information content (AvgIpc) is 2.15. The largest absolute Gasteiger partial charge is 0.416 e. The predicted molar refractivity (Wildman–Crippen MR) is 50.2 cm³/mol. The molecule has 0 aliphatic carbocycles. The van der Waals surface area contributed by atoms with E-state index in [9.17, 15) is 13.2 Å². The van der Waals surface area contributed by atoms with Crippen LogP contribution < -0.4 is 0 Å². The van der Waals surface area contributed by atoms with E-state index in [2.05, 4.69) is 5.16 Å². The molecule has 0 fully saturated rings. The van der Waals surface area contributed by atoms with Crippen LogP contribution in [0.4, 0.5) is 13.2 Å². The van der Waals surface area contributed by atoms with Crippen molar-refractivity contribution < 1.29 is 18.4 Å². The normalized spacial score (nSPS) is 13.0. The van der Waals surface area contributed by atoms with E-state index in [1.165, 1.54) is 26.0 Å². The molecule has 0 saturated heterocycles. The molecule has 82 valence electrons. The van der Waals surface area contributed by atoms with Crippen molar-refractivity contribution in [1.29, 1.82) is 0 Å². The van der Waals surface area contributed by atoms with E-state index < -0.39 is 11.7 Å². The summed E-state index contributed by atoms with van der Waals surface area (Å²) in [4.78, 5) is 0. The first-order valence-electron chi connectivity index (χ1n) is 4.23. The van der Waals surface area contributed by atoms with Gasteiger partial charge in [-0.2, -0.15) is 13.2 Å². The Kier molecular flexibility index (Phi) is 3.02. The van der Waals surface area contributed by atoms with E-state index in [0.29, 0.717) is 5.56 Å². The molecule has 0 spiro atoms. The minimum Gasteiger partial charge on any atom is -0.411 e. The fourth-order valence-corrected chi connectivity index (χ4v) is 1.39. The molecule has 0 atom stereocenters. The van der Waals surface area contributed by atoms with Gasteiger partial charge in [0.15, 0.2) is 0 Å². The Labute approximate surface area is 85.0 Å². The lowest BCUT2D eigenvalue weighted by atomic mass is 9.99. The van der Waals surface area contributed by atoms with Crippen molar-refractivity contribution in [1.82, 2.24) is 0 Å². The van der Waals surface area contributed by atoms with E-state index in [0.717, 1.165) is 6.07 Å². The van der Waals surface area contributed by atoms with Crippen LogP contribution in [0.15, 0.2) is 23.4 Å². The van der Waals surface area contributed by atoms with Crippen LogP contribution in [0.2, 0.25) is 0 Å². The molecule has 5 heteroatoms. The van der Waals surface area contributed by atoms with Crippen molar-refractivity contribution >= 4 is 5.71 Å². The summed E-state index contributed by atoms with van der Waals surface area (Å²) in [7, 11) is 0. The lowest BCUT2D eigenvalue weighted by Crippen LogP contribution is -2.10. The van der Waals surface area contributed by atoms with Gasteiger partial charge in [-0.3, -0.25) is 0 Å². The topological polar surface area (TPSA) is 32.6 Å². The third-order valence-corrected chi connectivity index (χ3v) is 2.18. The van der Waals surface area contributed by atoms with Crippen molar-refractivity contribution in [2.24, 2.45) is 5.16 Å². The Bertz CT molecular complexity index is 396. The molecule has 0 unspecified atom stereocenters. The minimum atomic E-state index is -4.38. The van der Waals surface area contributed by atoms with Crippen molar-refractivity contribution in [3.8, 4) is 0 Å². The average molecular weight is 217 g/mol. The van der Waals surface area contributed by atoms with Crippen LogP contribution in [0.25, 0.3) is 0 Å². The summed E-state index contributed by atoms with van der Waals surface area (Å²) < 4.78 is 37.5. The quantitative estimate of drug-likeness (QED) is 0.437. The molecule has 0 radical (unpaired) electrons. The van der Waals surface area contributed by atoms with Gasteiger partial charge in [-0.05, 0) is 25.5 Å². The highest BCUT2D eigenvalue weighted by molar-refractivity contribution is 5.99. The highest BCUT2D eigenvalue weighted by Gasteiger charge is 2.32. The van der Waals surface area contributed by atoms with E-state index in [-0.39, 0.29) is 11.3 Å². The third kappa shape index (κ3) is 2.29. The fourth-order valence-electron chi connectivity index (χ4n) is 1.39. The number of oxime groups is 1. The van der Waals surface area contributed by atoms with Gasteiger partial charge in [0.25, 0.3) is 0 Å². The van der Waals surface area contributed by atoms with Crippen LogP contribution in [0, 0.1) is 6.92 Å². The Morgan fingerprint density at radius 2 is 1.93 bits per heavy atom.